The van der Waals surface area contributed by atoms with E-state index in [0.717, 1.165) is 23.4 Å². The molecule has 1 aliphatic carbocycles. The minimum Gasteiger partial charge on any atom is -0.467 e. The molecule has 2 amide bonds. The van der Waals surface area contributed by atoms with Crippen molar-refractivity contribution in [2.24, 2.45) is 0 Å². The molecule has 0 bridgehead atoms. The summed E-state index contributed by atoms with van der Waals surface area (Å²) < 4.78 is 5.74. The molecule has 2 aromatic heterocycles. The molecule has 8 heteroatoms. The Bertz CT molecular complexity index is 1270. The van der Waals surface area contributed by atoms with Gasteiger partial charge in [-0.05, 0) is 54.8 Å². The lowest BCUT2D eigenvalue weighted by Crippen LogP contribution is -2.38. The van der Waals surface area contributed by atoms with Gasteiger partial charge in [-0.2, -0.15) is 0 Å². The molecule has 1 atom stereocenters. The molecule has 3 heterocycles. The van der Waals surface area contributed by atoms with Gasteiger partial charge in [0.1, 0.15) is 11.8 Å². The second-order valence-electron chi connectivity index (χ2n) is 8.62. The highest BCUT2D eigenvalue weighted by atomic mass is 16.3. The number of carbonyl (C=O) groups is 3. The number of aromatic nitrogens is 1. The number of ketones is 1. The number of hydrogen-bond acceptors (Lipinski definition) is 6. The molecule has 8 nitrogen and oxygen atoms in total. The van der Waals surface area contributed by atoms with E-state index in [1.54, 1.807) is 35.7 Å². The van der Waals surface area contributed by atoms with Crippen molar-refractivity contribution in [3.63, 3.8) is 0 Å². The van der Waals surface area contributed by atoms with Crippen molar-refractivity contribution in [2.75, 3.05) is 10.2 Å². The summed E-state index contributed by atoms with van der Waals surface area (Å²) in [5.41, 5.74) is 3.70. The standard InChI is InChI=1S/C27H26N4O4/c32-22-8-3-6-20-26(22)27(23-9-4-16-35-23)31(21-7-2-1-5-19(21)30-20)25(34)11-10-24(33)29-17-18-12-14-28-15-13-18/h1-2,4-5,7,9,12-16,27,30H,3,6,8,10-11,17H2,(H,29,33). The molecule has 35 heavy (non-hydrogen) atoms. The number of amides is 2. The first-order valence-corrected chi connectivity index (χ1v) is 11.7. The second kappa shape index (κ2) is 9.97. The van der Waals surface area contributed by atoms with Crippen LogP contribution < -0.4 is 15.5 Å². The summed E-state index contributed by atoms with van der Waals surface area (Å²) >= 11 is 0. The lowest BCUT2D eigenvalue weighted by molar-refractivity contribution is -0.125. The second-order valence-corrected chi connectivity index (χ2v) is 8.62. The molecule has 1 unspecified atom stereocenters. The number of carbonyl (C=O) groups excluding carboxylic acids is 3. The summed E-state index contributed by atoms with van der Waals surface area (Å²) in [6, 6.07) is 14.0. The number of pyridine rings is 1. The van der Waals surface area contributed by atoms with Crippen molar-refractivity contribution in [2.45, 2.75) is 44.7 Å². The van der Waals surface area contributed by atoms with Crippen LogP contribution in [0, 0.1) is 0 Å². The number of furan rings is 1. The summed E-state index contributed by atoms with van der Waals surface area (Å²) in [7, 11) is 0. The Hall–Kier alpha value is -4.20. The summed E-state index contributed by atoms with van der Waals surface area (Å²) in [5.74, 6) is 0.0361. The zero-order valence-electron chi connectivity index (χ0n) is 19.2. The molecular formula is C27H26N4O4. The van der Waals surface area contributed by atoms with Gasteiger partial charge < -0.3 is 15.1 Å². The van der Waals surface area contributed by atoms with E-state index < -0.39 is 6.04 Å². The van der Waals surface area contributed by atoms with Crippen LogP contribution in [0.4, 0.5) is 11.4 Å². The van der Waals surface area contributed by atoms with Crippen LogP contribution in [0.25, 0.3) is 0 Å². The molecule has 2 N–H and O–H groups in total. The van der Waals surface area contributed by atoms with Crippen LogP contribution in [0.15, 0.2) is 82.9 Å². The van der Waals surface area contributed by atoms with Gasteiger partial charge in [-0.1, -0.05) is 12.1 Å². The lowest BCUT2D eigenvalue weighted by Gasteiger charge is -2.32. The predicted octanol–water partition coefficient (Wildman–Crippen LogP) is 4.28. The summed E-state index contributed by atoms with van der Waals surface area (Å²) in [6.45, 7) is 0.367. The van der Waals surface area contributed by atoms with Crippen molar-refractivity contribution in [1.29, 1.82) is 0 Å². The molecule has 0 saturated carbocycles. The first-order chi connectivity index (χ1) is 17.1. The fraction of sp³-hybridized carbons (Fsp3) is 0.259. The molecule has 0 saturated heterocycles. The number of nitrogens with zero attached hydrogens (tertiary/aromatic N) is 2. The Morgan fingerprint density at radius 3 is 2.69 bits per heavy atom. The van der Waals surface area contributed by atoms with Gasteiger partial charge in [-0.25, -0.2) is 0 Å². The van der Waals surface area contributed by atoms with E-state index in [9.17, 15) is 14.4 Å². The third kappa shape index (κ3) is 4.73. The van der Waals surface area contributed by atoms with E-state index in [-0.39, 0.29) is 30.4 Å². The van der Waals surface area contributed by atoms with Crippen molar-refractivity contribution >= 4 is 29.0 Å². The Kier molecular flexibility index (Phi) is 6.43. The maximum Gasteiger partial charge on any atom is 0.228 e. The molecule has 0 spiro atoms. The topological polar surface area (TPSA) is 105 Å². The van der Waals surface area contributed by atoms with E-state index in [2.05, 4.69) is 15.6 Å². The first-order valence-electron chi connectivity index (χ1n) is 11.7. The average Bonchev–Trinajstić information content (AvgIpc) is 3.36. The number of Topliss-reactive ketones (excluding diaryl/α,β-unsaturated/α-hetero) is 1. The SMILES string of the molecule is O=C(CCC(=O)N1c2ccccc2NC2=C(C(=O)CCC2)C1c1ccco1)NCc1ccncc1. The Morgan fingerprint density at radius 1 is 1.06 bits per heavy atom. The summed E-state index contributed by atoms with van der Waals surface area (Å²) in [6.07, 6.45) is 6.79. The minimum atomic E-state index is -0.698. The molecule has 1 aliphatic heterocycles. The van der Waals surface area contributed by atoms with Crippen LogP contribution in [-0.2, 0) is 20.9 Å². The van der Waals surface area contributed by atoms with E-state index >= 15 is 0 Å². The molecule has 0 fully saturated rings. The maximum absolute atomic E-state index is 13.7. The van der Waals surface area contributed by atoms with Gasteiger partial charge in [-0.15, -0.1) is 0 Å². The Balaban J connectivity index is 1.43. The smallest absolute Gasteiger partial charge is 0.228 e. The highest BCUT2D eigenvalue weighted by Crippen LogP contribution is 2.45. The van der Waals surface area contributed by atoms with Gasteiger partial charge in [0.25, 0.3) is 0 Å². The number of rotatable bonds is 6. The van der Waals surface area contributed by atoms with Crippen LogP contribution >= 0.6 is 0 Å². The van der Waals surface area contributed by atoms with Crippen molar-refractivity contribution in [1.82, 2.24) is 10.3 Å². The third-order valence-electron chi connectivity index (χ3n) is 6.32. The molecule has 5 rings (SSSR count). The van der Waals surface area contributed by atoms with Crippen molar-refractivity contribution < 1.29 is 18.8 Å². The normalized spacial score (nSPS) is 17.2. The van der Waals surface area contributed by atoms with Gasteiger partial charge in [0.15, 0.2) is 5.78 Å². The zero-order chi connectivity index (χ0) is 24.2. The van der Waals surface area contributed by atoms with E-state index in [1.807, 2.05) is 36.4 Å². The fourth-order valence-electron chi connectivity index (χ4n) is 4.66. The van der Waals surface area contributed by atoms with Gasteiger partial charge in [0.05, 0.1) is 17.6 Å². The quantitative estimate of drug-likeness (QED) is 0.557. The summed E-state index contributed by atoms with van der Waals surface area (Å²) in [5, 5.41) is 6.26. The molecular weight excluding hydrogens is 444 g/mol. The van der Waals surface area contributed by atoms with Crippen molar-refractivity contribution in [3.8, 4) is 0 Å². The number of nitrogens with one attached hydrogen (secondary N) is 2. The van der Waals surface area contributed by atoms with Gasteiger partial charge in [-0.3, -0.25) is 24.3 Å². The predicted molar refractivity (Wildman–Crippen MR) is 130 cm³/mol. The molecule has 1 aromatic carbocycles. The highest BCUT2D eigenvalue weighted by Gasteiger charge is 2.40. The number of benzene rings is 1. The number of anilines is 2. The van der Waals surface area contributed by atoms with Crippen LogP contribution in [0.2, 0.25) is 0 Å². The molecule has 2 aliphatic rings. The van der Waals surface area contributed by atoms with Crippen LogP contribution in [0.1, 0.15) is 49.5 Å². The Labute approximate surface area is 203 Å². The summed E-state index contributed by atoms with van der Waals surface area (Å²) in [4.78, 5) is 45.0. The first kappa shape index (κ1) is 22.6. The highest BCUT2D eigenvalue weighted by molar-refractivity contribution is 6.06. The largest absolute Gasteiger partial charge is 0.467 e. The molecule has 0 radical (unpaired) electrons. The zero-order valence-corrected chi connectivity index (χ0v) is 19.2. The number of fused-ring (bicyclic) bond motifs is 1. The van der Waals surface area contributed by atoms with Gasteiger partial charge >= 0.3 is 0 Å². The third-order valence-corrected chi connectivity index (χ3v) is 6.32. The number of allylic oxidation sites excluding steroid dienone is 1. The minimum absolute atomic E-state index is 0.000787. The van der Waals surface area contributed by atoms with E-state index in [0.29, 0.717) is 36.4 Å². The molecule has 178 valence electrons. The average molecular weight is 471 g/mol. The monoisotopic (exact) mass is 470 g/mol. The van der Waals surface area contributed by atoms with Gasteiger partial charge in [0, 0.05) is 49.5 Å². The fourth-order valence-corrected chi connectivity index (χ4v) is 4.66. The molecule has 3 aromatic rings. The van der Waals surface area contributed by atoms with Crippen LogP contribution in [0.5, 0.6) is 0 Å². The maximum atomic E-state index is 13.7. The van der Waals surface area contributed by atoms with Gasteiger partial charge in [0.2, 0.25) is 11.8 Å². The van der Waals surface area contributed by atoms with Crippen molar-refractivity contribution in [3.05, 3.63) is 89.8 Å². The van der Waals surface area contributed by atoms with E-state index in [4.69, 9.17) is 4.42 Å². The van der Waals surface area contributed by atoms with E-state index in [1.165, 1.54) is 0 Å². The van der Waals surface area contributed by atoms with Crippen LogP contribution in [0.3, 0.4) is 0 Å². The van der Waals surface area contributed by atoms with Crippen LogP contribution in [-0.4, -0.2) is 22.6 Å². The Morgan fingerprint density at radius 2 is 1.89 bits per heavy atom. The lowest BCUT2D eigenvalue weighted by atomic mass is 9.88. The number of hydrogen-bond donors (Lipinski definition) is 2. The number of para-hydroxylation sites is 2.